The van der Waals surface area contributed by atoms with Gasteiger partial charge in [-0.1, -0.05) is 0 Å². The van der Waals surface area contributed by atoms with E-state index in [1.165, 1.54) is 13.8 Å². The Morgan fingerprint density at radius 1 is 1.13 bits per heavy atom. The van der Waals surface area contributed by atoms with Crippen LogP contribution in [0.5, 0.6) is 0 Å². The molecule has 0 spiro atoms. The summed E-state index contributed by atoms with van der Waals surface area (Å²) in [6.07, 6.45) is -1.92. The van der Waals surface area contributed by atoms with E-state index >= 15 is 0 Å². The van der Waals surface area contributed by atoms with Crippen molar-refractivity contribution in [2.45, 2.75) is 26.1 Å². The van der Waals surface area contributed by atoms with Crippen LogP contribution in [0.15, 0.2) is 0 Å². The molecule has 0 aromatic heterocycles. The third kappa shape index (κ3) is 7.00. The maximum absolute atomic E-state index is 11.1. The average Bonchev–Trinajstić information content (AvgIpc) is 2.22. The Labute approximate surface area is 86.5 Å². The predicted molar refractivity (Wildman–Crippen MR) is 46.3 cm³/mol. The molecule has 15 heavy (non-hydrogen) atoms. The first-order valence-electron chi connectivity index (χ1n) is 3.79. The van der Waals surface area contributed by atoms with E-state index in [1.54, 1.807) is 12.1 Å². The molecular weight excluding hydrogens is 225 g/mol. The largest absolute Gasteiger partial charge is 0.457 e. The van der Waals surface area contributed by atoms with Crippen LogP contribution >= 0.6 is 7.75 Å². The summed E-state index contributed by atoms with van der Waals surface area (Å²) >= 11 is 0. The Morgan fingerprint density at radius 2 is 1.47 bits per heavy atom. The third-order valence-electron chi connectivity index (χ3n) is 0.946. The zero-order valence-electron chi connectivity index (χ0n) is 8.11. The molecule has 9 heteroatoms. The second-order valence-electron chi connectivity index (χ2n) is 2.42. The van der Waals surface area contributed by atoms with E-state index in [9.17, 15) is 4.57 Å². The Hall–Kier alpha value is -0.990. The SMILES string of the molecule is CC(C#N)OOP(N)(=O)OOC(C)C#N. The van der Waals surface area contributed by atoms with Crippen molar-refractivity contribution in [2.75, 3.05) is 0 Å². The zero-order valence-corrected chi connectivity index (χ0v) is 9.01. The van der Waals surface area contributed by atoms with Crippen LogP contribution in [0, 0.1) is 22.7 Å². The molecule has 0 aliphatic heterocycles. The van der Waals surface area contributed by atoms with E-state index < -0.39 is 20.0 Å². The van der Waals surface area contributed by atoms with Crippen molar-refractivity contribution in [2.24, 2.45) is 5.50 Å². The molecule has 2 atom stereocenters. The van der Waals surface area contributed by atoms with Crippen molar-refractivity contribution in [1.82, 2.24) is 0 Å². The maximum Gasteiger partial charge on any atom is 0.457 e. The molecule has 2 N–H and O–H groups in total. The number of nitrogens with zero attached hydrogens (tertiary/aromatic N) is 2. The van der Waals surface area contributed by atoms with E-state index in [2.05, 4.69) is 19.1 Å². The summed E-state index contributed by atoms with van der Waals surface area (Å²) in [5, 5.41) is 16.6. The van der Waals surface area contributed by atoms with E-state index in [0.717, 1.165) is 0 Å². The Bertz CT molecular complexity index is 294. The summed E-state index contributed by atoms with van der Waals surface area (Å²) in [4.78, 5) is 8.57. The van der Waals surface area contributed by atoms with Crippen molar-refractivity contribution >= 4 is 7.75 Å². The highest BCUT2D eigenvalue weighted by atomic mass is 31.2. The van der Waals surface area contributed by atoms with Gasteiger partial charge in [-0.3, -0.25) is 0 Å². The highest BCUT2D eigenvalue weighted by molar-refractivity contribution is 7.50. The van der Waals surface area contributed by atoms with E-state index in [4.69, 9.17) is 16.0 Å². The molecule has 0 saturated heterocycles. The highest BCUT2D eigenvalue weighted by Crippen LogP contribution is 2.40. The molecule has 0 aliphatic carbocycles. The van der Waals surface area contributed by atoms with Crippen LogP contribution in [0.1, 0.15) is 13.8 Å². The first-order valence-corrected chi connectivity index (χ1v) is 5.40. The molecule has 0 amide bonds. The second kappa shape index (κ2) is 6.49. The first kappa shape index (κ1) is 14.0. The van der Waals surface area contributed by atoms with E-state index in [1.807, 2.05) is 0 Å². The molecule has 0 heterocycles. The van der Waals surface area contributed by atoms with Gasteiger partial charge in [-0.25, -0.2) is 19.8 Å². The van der Waals surface area contributed by atoms with Crippen LogP contribution in [0.2, 0.25) is 0 Å². The van der Waals surface area contributed by atoms with Crippen molar-refractivity contribution in [1.29, 1.82) is 10.5 Å². The number of nitriles is 2. The smallest absolute Gasteiger partial charge is 0.236 e. The summed E-state index contributed by atoms with van der Waals surface area (Å²) in [5.41, 5.74) is 4.97. The number of rotatable bonds is 6. The normalized spacial score (nSPS) is 18.2. The van der Waals surface area contributed by atoms with Gasteiger partial charge in [-0.05, 0) is 13.8 Å². The van der Waals surface area contributed by atoms with Gasteiger partial charge in [0.2, 0.25) is 0 Å². The minimum Gasteiger partial charge on any atom is -0.236 e. The molecule has 84 valence electrons. The van der Waals surface area contributed by atoms with E-state index in [-0.39, 0.29) is 0 Å². The molecule has 0 bridgehead atoms. The molecule has 0 aromatic carbocycles. The third-order valence-corrected chi connectivity index (χ3v) is 1.53. The number of nitrogens with two attached hydrogens (primary N) is 1. The fourth-order valence-electron chi connectivity index (χ4n) is 0.305. The summed E-state index contributed by atoms with van der Waals surface area (Å²) in [5.74, 6) is 0. The topological polar surface area (TPSA) is 128 Å². The van der Waals surface area contributed by atoms with Crippen LogP contribution in [-0.2, 0) is 23.7 Å². The molecule has 2 unspecified atom stereocenters. The van der Waals surface area contributed by atoms with Gasteiger partial charge in [-0.15, -0.1) is 9.35 Å². The molecule has 0 aromatic rings. The Balaban J connectivity index is 3.94. The molecule has 0 radical (unpaired) electrons. The molecule has 0 saturated carbocycles. The first-order chi connectivity index (χ1) is 6.91. The number of hydrogen-bond acceptors (Lipinski definition) is 7. The van der Waals surface area contributed by atoms with Gasteiger partial charge in [0.15, 0.2) is 12.2 Å². The summed E-state index contributed by atoms with van der Waals surface area (Å²) in [6, 6.07) is 3.28. The lowest BCUT2D eigenvalue weighted by Gasteiger charge is -2.12. The average molecular weight is 235 g/mol. The van der Waals surface area contributed by atoms with Crippen LogP contribution in [0.25, 0.3) is 0 Å². The maximum atomic E-state index is 11.1. The van der Waals surface area contributed by atoms with E-state index in [0.29, 0.717) is 0 Å². The summed E-state index contributed by atoms with van der Waals surface area (Å²) < 4.78 is 19.4. The van der Waals surface area contributed by atoms with Gasteiger partial charge in [0, 0.05) is 0 Å². The van der Waals surface area contributed by atoms with Gasteiger partial charge >= 0.3 is 7.75 Å². The second-order valence-corrected chi connectivity index (χ2v) is 3.80. The van der Waals surface area contributed by atoms with Gasteiger partial charge in [0.25, 0.3) is 0 Å². The fourth-order valence-corrected chi connectivity index (χ4v) is 0.827. The number of hydrogen-bond donors (Lipinski definition) is 1. The van der Waals surface area contributed by atoms with Crippen LogP contribution in [0.4, 0.5) is 0 Å². The fraction of sp³-hybridized carbons (Fsp3) is 0.667. The molecule has 0 fully saturated rings. The monoisotopic (exact) mass is 235 g/mol. The highest BCUT2D eigenvalue weighted by Gasteiger charge is 2.24. The minimum absolute atomic E-state index is 0.959. The molecular formula is C6H10N3O5P. The summed E-state index contributed by atoms with van der Waals surface area (Å²) in [6.45, 7) is 2.69. The predicted octanol–water partition coefficient (Wildman–Crippen LogP) is 0.774. The van der Waals surface area contributed by atoms with Gasteiger partial charge < -0.3 is 0 Å². The van der Waals surface area contributed by atoms with Crippen molar-refractivity contribution < 1.29 is 23.7 Å². The van der Waals surface area contributed by atoms with Gasteiger partial charge in [0.1, 0.15) is 0 Å². The quantitative estimate of drug-likeness (QED) is 0.406. The van der Waals surface area contributed by atoms with Gasteiger partial charge in [0.05, 0.1) is 12.1 Å². The van der Waals surface area contributed by atoms with Crippen molar-refractivity contribution in [3.8, 4) is 12.1 Å². The van der Waals surface area contributed by atoms with Crippen molar-refractivity contribution in [3.05, 3.63) is 0 Å². The van der Waals surface area contributed by atoms with Gasteiger partial charge in [-0.2, -0.15) is 10.5 Å². The lowest BCUT2D eigenvalue weighted by Crippen LogP contribution is -2.13. The lowest BCUT2D eigenvalue weighted by molar-refractivity contribution is -0.282. The molecule has 0 rings (SSSR count). The summed E-state index contributed by atoms with van der Waals surface area (Å²) in [7, 11) is -4.07. The Morgan fingerprint density at radius 3 is 1.73 bits per heavy atom. The minimum atomic E-state index is -4.07. The van der Waals surface area contributed by atoms with Crippen LogP contribution in [0.3, 0.4) is 0 Å². The van der Waals surface area contributed by atoms with Crippen LogP contribution < -0.4 is 5.50 Å². The van der Waals surface area contributed by atoms with Crippen molar-refractivity contribution in [3.63, 3.8) is 0 Å². The Kier molecular flexibility index (Phi) is 6.06. The molecule has 8 nitrogen and oxygen atoms in total. The standard InChI is InChI=1S/C6H10N3O5P/c1-5(3-7)11-13-15(9,10)14-12-6(2)4-8/h5-6H,1-2H3,(H2,9,10). The lowest BCUT2D eigenvalue weighted by atomic mass is 10.5. The zero-order chi connectivity index (χ0) is 11.9. The molecule has 0 aliphatic rings. The van der Waals surface area contributed by atoms with Crippen LogP contribution in [-0.4, -0.2) is 12.2 Å².